The molecule has 3 heterocycles. The number of rotatable bonds is 4. The monoisotopic (exact) mass is 362 g/mol. The average molecular weight is 363 g/mol. The van der Waals surface area contributed by atoms with Crippen LogP contribution in [0.25, 0.3) is 10.9 Å². The lowest BCUT2D eigenvalue weighted by molar-refractivity contribution is 0.0859. The number of hydrogen-bond acceptors (Lipinski definition) is 5. The van der Waals surface area contributed by atoms with E-state index in [2.05, 4.69) is 15.6 Å². The van der Waals surface area contributed by atoms with Gasteiger partial charge in [-0.3, -0.25) is 9.36 Å². The molecule has 7 heteroatoms. The van der Waals surface area contributed by atoms with Gasteiger partial charge in [-0.25, -0.2) is 4.98 Å². The Morgan fingerprint density at radius 3 is 3.00 bits per heavy atom. The van der Waals surface area contributed by atoms with Gasteiger partial charge in [0, 0.05) is 24.2 Å². The van der Waals surface area contributed by atoms with Gasteiger partial charge in [-0.05, 0) is 50.4 Å². The Labute approximate surface area is 151 Å². The van der Waals surface area contributed by atoms with Crippen LogP contribution in [-0.2, 0) is 6.54 Å². The number of hydrogen-bond donors (Lipinski definition) is 3. The van der Waals surface area contributed by atoms with E-state index in [0.29, 0.717) is 22.5 Å². The third-order valence-corrected chi connectivity index (χ3v) is 5.82. The molecule has 3 N–H and O–H groups in total. The Morgan fingerprint density at radius 2 is 2.28 bits per heavy atom. The third kappa shape index (κ3) is 3.31. The van der Waals surface area contributed by atoms with Crippen LogP contribution in [0.15, 0.2) is 23.3 Å². The molecule has 0 bridgehead atoms. The second kappa shape index (κ2) is 6.36. The molecule has 1 aromatic carbocycles. The van der Waals surface area contributed by atoms with Crippen LogP contribution in [0.3, 0.4) is 0 Å². The summed E-state index contributed by atoms with van der Waals surface area (Å²) >= 11 is 6.18. The number of halogens is 1. The summed E-state index contributed by atoms with van der Waals surface area (Å²) in [5.41, 5.74) is 1.36. The minimum Gasteiger partial charge on any atom is -0.392 e. The first-order chi connectivity index (χ1) is 12.0. The van der Waals surface area contributed by atoms with Crippen molar-refractivity contribution in [3.63, 3.8) is 0 Å². The zero-order chi connectivity index (χ0) is 17.6. The normalized spacial score (nSPS) is 29.1. The van der Waals surface area contributed by atoms with Gasteiger partial charge in [0.25, 0.3) is 5.56 Å². The Hall–Kier alpha value is -1.47. The minimum absolute atomic E-state index is 0.0721. The molecule has 134 valence electrons. The lowest BCUT2D eigenvalue weighted by Gasteiger charge is -2.31. The Kier molecular flexibility index (Phi) is 4.32. The van der Waals surface area contributed by atoms with E-state index in [-0.39, 0.29) is 23.2 Å². The fraction of sp³-hybridized carbons (Fsp3) is 0.556. The van der Waals surface area contributed by atoms with Crippen molar-refractivity contribution in [3.8, 4) is 0 Å². The van der Waals surface area contributed by atoms with Crippen molar-refractivity contribution in [1.82, 2.24) is 20.2 Å². The maximum Gasteiger partial charge on any atom is 0.261 e. The molecule has 3 atom stereocenters. The van der Waals surface area contributed by atoms with Gasteiger partial charge in [0.2, 0.25) is 0 Å². The molecule has 25 heavy (non-hydrogen) atoms. The average Bonchev–Trinajstić information content (AvgIpc) is 3.34. The molecule has 2 fully saturated rings. The molecule has 2 aliphatic rings. The maximum atomic E-state index is 12.8. The van der Waals surface area contributed by atoms with Crippen molar-refractivity contribution in [2.45, 2.75) is 50.4 Å². The largest absolute Gasteiger partial charge is 0.392 e. The van der Waals surface area contributed by atoms with Crippen molar-refractivity contribution < 1.29 is 5.11 Å². The summed E-state index contributed by atoms with van der Waals surface area (Å²) in [6.45, 7) is 4.23. The van der Waals surface area contributed by atoms with Gasteiger partial charge in [0.15, 0.2) is 0 Å². The van der Waals surface area contributed by atoms with Crippen molar-refractivity contribution >= 4 is 22.5 Å². The summed E-state index contributed by atoms with van der Waals surface area (Å²) in [7, 11) is 0. The Bertz CT molecular complexity index is 862. The van der Waals surface area contributed by atoms with Gasteiger partial charge in [-0.2, -0.15) is 0 Å². The predicted molar refractivity (Wildman–Crippen MR) is 98.1 cm³/mol. The number of benzene rings is 1. The molecule has 2 aliphatic heterocycles. The quantitative estimate of drug-likeness (QED) is 0.711. The summed E-state index contributed by atoms with van der Waals surface area (Å²) < 4.78 is 1.66. The fourth-order valence-electron chi connectivity index (χ4n) is 3.73. The lowest BCUT2D eigenvalue weighted by Crippen LogP contribution is -2.48. The molecule has 0 amide bonds. The summed E-state index contributed by atoms with van der Waals surface area (Å²) in [5, 5.41) is 18.1. The molecule has 0 aliphatic carbocycles. The van der Waals surface area contributed by atoms with E-state index in [9.17, 15) is 9.90 Å². The Balaban J connectivity index is 1.59. The standard InChI is InChI=1S/C18H23ClN4O2/c1-11-5-14-12(6-13(11)19)17(25)23(10-21-14)9-18(8-22-18)7-15-16(24)3-2-4-20-15/h5-6,10,15-16,20,22,24H,2-4,7-9H2,1H3. The molecule has 0 spiro atoms. The van der Waals surface area contributed by atoms with E-state index >= 15 is 0 Å². The number of aromatic nitrogens is 2. The van der Waals surface area contributed by atoms with E-state index in [1.165, 1.54) is 0 Å². The first-order valence-electron chi connectivity index (χ1n) is 8.79. The fourth-order valence-corrected chi connectivity index (χ4v) is 3.90. The molecule has 2 aromatic rings. The summed E-state index contributed by atoms with van der Waals surface area (Å²) in [4.78, 5) is 17.3. The SMILES string of the molecule is Cc1cc2ncn(CC3(CC4NCCCC4O)CN3)c(=O)c2cc1Cl. The topological polar surface area (TPSA) is 89.1 Å². The van der Waals surface area contributed by atoms with Gasteiger partial charge in [0.1, 0.15) is 0 Å². The maximum absolute atomic E-state index is 12.8. The molecule has 2 saturated heterocycles. The van der Waals surface area contributed by atoms with Gasteiger partial charge in [0.05, 0.1) is 28.9 Å². The Morgan fingerprint density at radius 1 is 1.48 bits per heavy atom. The highest BCUT2D eigenvalue weighted by atomic mass is 35.5. The van der Waals surface area contributed by atoms with Crippen LogP contribution in [-0.4, -0.2) is 45.4 Å². The van der Waals surface area contributed by atoms with Gasteiger partial charge >= 0.3 is 0 Å². The highest BCUT2D eigenvalue weighted by molar-refractivity contribution is 6.32. The second-order valence-electron chi connectivity index (χ2n) is 7.40. The summed E-state index contributed by atoms with van der Waals surface area (Å²) in [5.74, 6) is 0. The lowest BCUT2D eigenvalue weighted by atomic mass is 9.91. The number of aliphatic hydroxyl groups excluding tert-OH is 1. The van der Waals surface area contributed by atoms with Crippen LogP contribution in [0.5, 0.6) is 0 Å². The van der Waals surface area contributed by atoms with Gasteiger partial charge in [-0.1, -0.05) is 11.6 Å². The van der Waals surface area contributed by atoms with Crippen LogP contribution in [0.4, 0.5) is 0 Å². The third-order valence-electron chi connectivity index (χ3n) is 5.41. The van der Waals surface area contributed by atoms with Gasteiger partial charge < -0.3 is 15.7 Å². The van der Waals surface area contributed by atoms with Crippen molar-refractivity contribution in [2.75, 3.05) is 13.1 Å². The number of aryl methyl sites for hydroxylation is 1. The van der Waals surface area contributed by atoms with Gasteiger partial charge in [-0.15, -0.1) is 0 Å². The van der Waals surface area contributed by atoms with Crippen molar-refractivity contribution in [2.24, 2.45) is 0 Å². The highest BCUT2D eigenvalue weighted by Gasteiger charge is 2.45. The van der Waals surface area contributed by atoms with E-state index in [1.807, 2.05) is 13.0 Å². The molecule has 0 saturated carbocycles. The molecule has 4 rings (SSSR count). The zero-order valence-electron chi connectivity index (χ0n) is 14.3. The highest BCUT2D eigenvalue weighted by Crippen LogP contribution is 2.28. The number of fused-ring (bicyclic) bond motifs is 1. The molecule has 0 radical (unpaired) electrons. The zero-order valence-corrected chi connectivity index (χ0v) is 15.0. The van der Waals surface area contributed by atoms with E-state index in [0.717, 1.165) is 37.9 Å². The summed E-state index contributed by atoms with van der Waals surface area (Å²) in [6, 6.07) is 3.62. The predicted octanol–water partition coefficient (Wildman–Crippen LogP) is 1.20. The van der Waals surface area contributed by atoms with E-state index in [1.54, 1.807) is 17.0 Å². The van der Waals surface area contributed by atoms with Crippen LogP contribution >= 0.6 is 11.6 Å². The van der Waals surface area contributed by atoms with Crippen molar-refractivity contribution in [3.05, 3.63) is 39.4 Å². The summed E-state index contributed by atoms with van der Waals surface area (Å²) in [6.07, 6.45) is 3.94. The van der Waals surface area contributed by atoms with E-state index < -0.39 is 0 Å². The minimum atomic E-state index is -0.318. The molecular weight excluding hydrogens is 340 g/mol. The smallest absolute Gasteiger partial charge is 0.261 e. The first kappa shape index (κ1) is 17.0. The number of nitrogens with one attached hydrogen (secondary N) is 2. The first-order valence-corrected chi connectivity index (χ1v) is 9.17. The molecule has 1 aromatic heterocycles. The molecular formula is C18H23ClN4O2. The second-order valence-corrected chi connectivity index (χ2v) is 7.81. The number of nitrogens with zero attached hydrogens (tertiary/aromatic N) is 2. The van der Waals surface area contributed by atoms with Crippen LogP contribution in [0, 0.1) is 6.92 Å². The number of piperidine rings is 1. The van der Waals surface area contributed by atoms with Crippen LogP contribution < -0.4 is 16.2 Å². The number of aliphatic hydroxyl groups is 1. The van der Waals surface area contributed by atoms with Crippen LogP contribution in [0.2, 0.25) is 5.02 Å². The van der Waals surface area contributed by atoms with E-state index in [4.69, 9.17) is 11.6 Å². The van der Waals surface area contributed by atoms with Crippen molar-refractivity contribution in [1.29, 1.82) is 0 Å². The molecule has 3 unspecified atom stereocenters. The van der Waals surface area contributed by atoms with Crippen LogP contribution in [0.1, 0.15) is 24.8 Å². The molecule has 6 nitrogen and oxygen atoms in total.